The van der Waals surface area contributed by atoms with Gasteiger partial charge in [0.05, 0.1) is 17.2 Å². The van der Waals surface area contributed by atoms with Crippen molar-refractivity contribution in [2.45, 2.75) is 57.1 Å². The monoisotopic (exact) mass is 661 g/mol. The van der Waals surface area contributed by atoms with E-state index in [1.807, 2.05) is 57.2 Å². The molecule has 4 aromatic rings. The van der Waals surface area contributed by atoms with Crippen LogP contribution in [-0.4, -0.2) is 50.4 Å². The summed E-state index contributed by atoms with van der Waals surface area (Å²) in [6.07, 6.45) is 0.931. The standard InChI is InChI=1S/C36H40ClN3O5S/c1-4-27(3)38-36(42)34(24-28-13-8-6-9-14-28)39(25-29-15-12-16-30(37)23-29)35(41)26-40(31-17-10-7-11-18-31)46(43,44)33-21-19-32(20-22-33)45-5-2/h6-23,27,34H,4-5,24-26H2,1-3H3,(H,38,42)/t27-,34+/m1/s1. The van der Waals surface area contributed by atoms with E-state index >= 15 is 0 Å². The van der Waals surface area contributed by atoms with Crippen molar-refractivity contribution >= 4 is 39.1 Å². The molecule has 0 saturated heterocycles. The molecular formula is C36H40ClN3O5S. The highest BCUT2D eigenvalue weighted by atomic mass is 35.5. The van der Waals surface area contributed by atoms with E-state index in [9.17, 15) is 18.0 Å². The van der Waals surface area contributed by atoms with Crippen LogP contribution >= 0.6 is 11.6 Å². The zero-order valence-electron chi connectivity index (χ0n) is 26.3. The molecule has 0 aliphatic carbocycles. The summed E-state index contributed by atoms with van der Waals surface area (Å²) in [6.45, 7) is 5.65. The van der Waals surface area contributed by atoms with Gasteiger partial charge in [-0.1, -0.05) is 79.2 Å². The number of hydrogen-bond donors (Lipinski definition) is 1. The van der Waals surface area contributed by atoms with Crippen LogP contribution in [-0.2, 0) is 32.6 Å². The smallest absolute Gasteiger partial charge is 0.264 e. The average molecular weight is 662 g/mol. The molecule has 46 heavy (non-hydrogen) atoms. The normalized spacial score (nSPS) is 12.5. The lowest BCUT2D eigenvalue weighted by Gasteiger charge is -2.34. The number of hydrogen-bond acceptors (Lipinski definition) is 5. The van der Waals surface area contributed by atoms with Crippen LogP contribution in [0.1, 0.15) is 38.3 Å². The van der Waals surface area contributed by atoms with Gasteiger partial charge in [-0.05, 0) is 79.9 Å². The van der Waals surface area contributed by atoms with E-state index < -0.39 is 28.5 Å². The van der Waals surface area contributed by atoms with E-state index in [1.54, 1.807) is 60.7 Å². The van der Waals surface area contributed by atoms with E-state index in [0.717, 1.165) is 9.87 Å². The minimum atomic E-state index is -4.21. The van der Waals surface area contributed by atoms with Crippen molar-refractivity contribution in [2.75, 3.05) is 17.5 Å². The molecule has 8 nitrogen and oxygen atoms in total. The molecule has 0 saturated carbocycles. The van der Waals surface area contributed by atoms with Crippen LogP contribution in [0, 0.1) is 0 Å². The van der Waals surface area contributed by atoms with E-state index in [1.165, 1.54) is 17.0 Å². The van der Waals surface area contributed by atoms with Crippen molar-refractivity contribution in [1.29, 1.82) is 0 Å². The Morgan fingerprint density at radius 2 is 1.48 bits per heavy atom. The SMILES string of the molecule is CCOc1ccc(S(=O)(=O)N(CC(=O)N(Cc2cccc(Cl)c2)[C@@H](Cc2ccccc2)C(=O)N[C@H](C)CC)c2ccccc2)cc1. The second kappa shape index (κ2) is 16.3. The van der Waals surface area contributed by atoms with Gasteiger partial charge in [0.25, 0.3) is 10.0 Å². The molecule has 242 valence electrons. The fraction of sp³-hybridized carbons (Fsp3) is 0.278. The molecule has 0 unspecified atom stereocenters. The van der Waals surface area contributed by atoms with Crippen LogP contribution in [0.2, 0.25) is 5.02 Å². The molecule has 0 bridgehead atoms. The third kappa shape index (κ3) is 9.11. The molecule has 2 atom stereocenters. The molecule has 1 N–H and O–H groups in total. The molecule has 4 rings (SSSR count). The highest BCUT2D eigenvalue weighted by Crippen LogP contribution is 2.26. The first-order valence-corrected chi connectivity index (χ1v) is 17.1. The molecular weight excluding hydrogens is 622 g/mol. The van der Waals surface area contributed by atoms with Crippen LogP contribution in [0.3, 0.4) is 0 Å². The number of ether oxygens (including phenoxy) is 1. The Morgan fingerprint density at radius 3 is 2.09 bits per heavy atom. The number of carbonyl (C=O) groups excluding carboxylic acids is 2. The predicted molar refractivity (Wildman–Crippen MR) is 182 cm³/mol. The molecule has 0 aromatic heterocycles. The Bertz CT molecular complexity index is 1690. The quantitative estimate of drug-likeness (QED) is 0.157. The summed E-state index contributed by atoms with van der Waals surface area (Å²) >= 11 is 6.31. The van der Waals surface area contributed by atoms with E-state index in [-0.39, 0.29) is 29.8 Å². The zero-order valence-corrected chi connectivity index (χ0v) is 27.9. The first-order chi connectivity index (χ1) is 22.1. The molecule has 4 aromatic carbocycles. The van der Waals surface area contributed by atoms with Crippen LogP contribution in [0.25, 0.3) is 0 Å². The summed E-state index contributed by atoms with van der Waals surface area (Å²) in [7, 11) is -4.21. The molecule has 2 amide bonds. The Morgan fingerprint density at radius 1 is 0.848 bits per heavy atom. The van der Waals surface area contributed by atoms with Crippen LogP contribution in [0.4, 0.5) is 5.69 Å². The van der Waals surface area contributed by atoms with Crippen LogP contribution < -0.4 is 14.4 Å². The third-order valence-electron chi connectivity index (χ3n) is 7.56. The largest absolute Gasteiger partial charge is 0.494 e. The number of nitrogens with one attached hydrogen (secondary N) is 1. The van der Waals surface area contributed by atoms with Crippen LogP contribution in [0.5, 0.6) is 5.75 Å². The van der Waals surface area contributed by atoms with Gasteiger partial charge in [-0.3, -0.25) is 13.9 Å². The second-order valence-corrected chi connectivity index (χ2v) is 13.2. The van der Waals surface area contributed by atoms with Crippen molar-refractivity contribution in [1.82, 2.24) is 10.2 Å². The molecule has 0 fully saturated rings. The number of para-hydroxylation sites is 1. The predicted octanol–water partition coefficient (Wildman–Crippen LogP) is 6.49. The summed E-state index contributed by atoms with van der Waals surface area (Å²) in [4.78, 5) is 29.9. The number of carbonyl (C=O) groups is 2. The van der Waals surface area contributed by atoms with Crippen molar-refractivity contribution in [3.8, 4) is 5.75 Å². The maximum Gasteiger partial charge on any atom is 0.264 e. The van der Waals surface area contributed by atoms with Crippen molar-refractivity contribution in [2.24, 2.45) is 0 Å². The van der Waals surface area contributed by atoms with Crippen molar-refractivity contribution in [3.05, 3.63) is 125 Å². The number of rotatable bonds is 15. The van der Waals surface area contributed by atoms with Gasteiger partial charge in [-0.25, -0.2) is 8.42 Å². The fourth-order valence-electron chi connectivity index (χ4n) is 4.95. The summed E-state index contributed by atoms with van der Waals surface area (Å²) in [5, 5.41) is 3.52. The Kier molecular flexibility index (Phi) is 12.2. The third-order valence-corrected chi connectivity index (χ3v) is 9.58. The maximum absolute atomic E-state index is 14.5. The minimum absolute atomic E-state index is 0.00402. The van der Waals surface area contributed by atoms with Gasteiger partial charge in [0, 0.05) is 24.0 Å². The topological polar surface area (TPSA) is 96.0 Å². The van der Waals surface area contributed by atoms with E-state index in [0.29, 0.717) is 35.1 Å². The summed E-state index contributed by atoms with van der Waals surface area (Å²) in [5.41, 5.74) is 1.88. The molecule has 10 heteroatoms. The first-order valence-electron chi connectivity index (χ1n) is 15.3. The highest BCUT2D eigenvalue weighted by molar-refractivity contribution is 7.92. The van der Waals surface area contributed by atoms with Gasteiger partial charge in [0.2, 0.25) is 11.8 Å². The summed E-state index contributed by atoms with van der Waals surface area (Å²) in [6, 6.07) is 30.0. The zero-order chi connectivity index (χ0) is 33.1. The lowest BCUT2D eigenvalue weighted by atomic mass is 10.0. The summed E-state index contributed by atoms with van der Waals surface area (Å²) < 4.78 is 34.9. The van der Waals surface area contributed by atoms with Crippen LogP contribution in [0.15, 0.2) is 114 Å². The molecule has 0 heterocycles. The number of nitrogens with zero attached hydrogens (tertiary/aromatic N) is 2. The lowest BCUT2D eigenvalue weighted by Crippen LogP contribution is -2.54. The van der Waals surface area contributed by atoms with Crippen molar-refractivity contribution in [3.63, 3.8) is 0 Å². The molecule has 0 radical (unpaired) electrons. The van der Waals surface area contributed by atoms with Crippen molar-refractivity contribution < 1.29 is 22.7 Å². The number of amides is 2. The van der Waals surface area contributed by atoms with Gasteiger partial charge in [0.1, 0.15) is 18.3 Å². The summed E-state index contributed by atoms with van der Waals surface area (Å²) in [5.74, 6) is -0.333. The number of halogens is 1. The van der Waals surface area contributed by atoms with Gasteiger partial charge in [0.15, 0.2) is 0 Å². The maximum atomic E-state index is 14.5. The Labute approximate surface area is 277 Å². The fourth-order valence-corrected chi connectivity index (χ4v) is 6.58. The number of benzene rings is 4. The second-order valence-electron chi connectivity index (χ2n) is 10.9. The molecule has 0 spiro atoms. The number of anilines is 1. The number of sulfonamides is 1. The molecule has 0 aliphatic heterocycles. The first kappa shape index (κ1) is 34.5. The Balaban J connectivity index is 1.78. The van der Waals surface area contributed by atoms with Gasteiger partial charge in [-0.15, -0.1) is 0 Å². The highest BCUT2D eigenvalue weighted by Gasteiger charge is 2.35. The lowest BCUT2D eigenvalue weighted by molar-refractivity contribution is -0.140. The van der Waals surface area contributed by atoms with E-state index in [4.69, 9.17) is 16.3 Å². The minimum Gasteiger partial charge on any atom is -0.494 e. The van der Waals surface area contributed by atoms with Gasteiger partial charge >= 0.3 is 0 Å². The van der Waals surface area contributed by atoms with Gasteiger partial charge < -0.3 is 15.0 Å². The average Bonchev–Trinajstić information content (AvgIpc) is 3.06. The van der Waals surface area contributed by atoms with Gasteiger partial charge in [-0.2, -0.15) is 0 Å². The Hall–Kier alpha value is -4.34. The molecule has 0 aliphatic rings. The van der Waals surface area contributed by atoms with E-state index in [2.05, 4.69) is 5.32 Å².